The summed E-state index contributed by atoms with van der Waals surface area (Å²) in [5.74, 6) is 0.965. The van der Waals surface area contributed by atoms with Crippen LogP contribution in [0.4, 0.5) is 0 Å². The predicted molar refractivity (Wildman–Crippen MR) is 122 cm³/mol. The topological polar surface area (TPSA) is 71.1 Å². The number of allylic oxidation sites excluding steroid dienone is 1. The van der Waals surface area contributed by atoms with Gasteiger partial charge >= 0.3 is 5.97 Å². The van der Waals surface area contributed by atoms with Gasteiger partial charge in [0.1, 0.15) is 5.75 Å². The molecular weight excluding hydrogens is 432 g/mol. The summed E-state index contributed by atoms with van der Waals surface area (Å²) in [5, 5.41) is 0.307. The van der Waals surface area contributed by atoms with Gasteiger partial charge in [0, 0.05) is 5.56 Å². The Morgan fingerprint density at radius 1 is 0.844 bits per heavy atom. The number of hydrogen-bond donors (Lipinski definition) is 0. The summed E-state index contributed by atoms with van der Waals surface area (Å²) < 4.78 is 21.3. The van der Waals surface area contributed by atoms with Crippen LogP contribution < -0.4 is 18.9 Å². The number of ether oxygens (including phenoxy) is 4. The molecule has 0 spiro atoms. The SMILES string of the molecule is COc1cc(C=CC(=O)c2ccc(OC(=O)c3ccccc3Cl)cc2)cc(OC)c1OC. The van der Waals surface area contributed by atoms with Crippen molar-refractivity contribution in [1.29, 1.82) is 0 Å². The van der Waals surface area contributed by atoms with Crippen LogP contribution in [0.2, 0.25) is 5.02 Å². The molecule has 0 aliphatic heterocycles. The van der Waals surface area contributed by atoms with Crippen LogP contribution >= 0.6 is 11.6 Å². The quantitative estimate of drug-likeness (QED) is 0.195. The molecule has 32 heavy (non-hydrogen) atoms. The molecule has 3 aromatic rings. The zero-order valence-electron chi connectivity index (χ0n) is 17.8. The van der Waals surface area contributed by atoms with E-state index in [1.807, 2.05) is 0 Å². The monoisotopic (exact) mass is 452 g/mol. The predicted octanol–water partition coefficient (Wildman–Crippen LogP) is 5.48. The zero-order chi connectivity index (χ0) is 23.1. The fraction of sp³-hybridized carbons (Fsp3) is 0.120. The van der Waals surface area contributed by atoms with Gasteiger partial charge in [-0.3, -0.25) is 4.79 Å². The fourth-order valence-corrected chi connectivity index (χ4v) is 3.15. The molecule has 0 atom stereocenters. The first-order valence-corrected chi connectivity index (χ1v) is 9.93. The molecule has 0 aliphatic rings. The maximum absolute atomic E-state index is 12.6. The van der Waals surface area contributed by atoms with Gasteiger partial charge in [-0.05, 0) is 60.2 Å². The second kappa shape index (κ2) is 10.5. The van der Waals surface area contributed by atoms with Crippen LogP contribution in [0.25, 0.3) is 6.08 Å². The van der Waals surface area contributed by atoms with Crippen molar-refractivity contribution >= 4 is 29.4 Å². The van der Waals surface area contributed by atoms with E-state index in [2.05, 4.69) is 0 Å². The van der Waals surface area contributed by atoms with Gasteiger partial charge in [-0.25, -0.2) is 4.79 Å². The molecule has 0 bridgehead atoms. The average molecular weight is 453 g/mol. The van der Waals surface area contributed by atoms with E-state index in [1.54, 1.807) is 66.7 Å². The van der Waals surface area contributed by atoms with Crippen LogP contribution in [0.15, 0.2) is 66.7 Å². The molecule has 0 unspecified atom stereocenters. The van der Waals surface area contributed by atoms with Crippen LogP contribution in [0.1, 0.15) is 26.3 Å². The number of hydrogen-bond acceptors (Lipinski definition) is 6. The van der Waals surface area contributed by atoms with E-state index in [0.29, 0.717) is 39.1 Å². The summed E-state index contributed by atoms with van der Waals surface area (Å²) in [6, 6.07) is 16.4. The van der Waals surface area contributed by atoms with Crippen molar-refractivity contribution in [1.82, 2.24) is 0 Å². The third kappa shape index (κ3) is 5.28. The van der Waals surface area contributed by atoms with Crippen molar-refractivity contribution in [3.05, 3.63) is 88.5 Å². The van der Waals surface area contributed by atoms with Crippen LogP contribution in [0.3, 0.4) is 0 Å². The number of rotatable bonds is 8. The molecule has 0 radical (unpaired) electrons. The van der Waals surface area contributed by atoms with Gasteiger partial charge < -0.3 is 18.9 Å². The molecule has 3 rings (SSSR count). The highest BCUT2D eigenvalue weighted by Crippen LogP contribution is 2.38. The highest BCUT2D eigenvalue weighted by Gasteiger charge is 2.14. The van der Waals surface area contributed by atoms with Gasteiger partial charge in [0.05, 0.1) is 31.9 Å². The third-order valence-corrected chi connectivity index (χ3v) is 4.89. The van der Waals surface area contributed by atoms with Crippen LogP contribution in [-0.4, -0.2) is 33.1 Å². The number of halogens is 1. The number of carbonyl (C=O) groups is 2. The normalized spacial score (nSPS) is 10.6. The molecule has 0 aliphatic carbocycles. The van der Waals surface area contributed by atoms with Gasteiger partial charge in [-0.1, -0.05) is 29.8 Å². The Bertz CT molecular complexity index is 1130. The second-order valence-corrected chi connectivity index (χ2v) is 6.96. The van der Waals surface area contributed by atoms with Crippen molar-refractivity contribution in [3.63, 3.8) is 0 Å². The van der Waals surface area contributed by atoms with Crippen molar-refractivity contribution < 1.29 is 28.5 Å². The Hall–Kier alpha value is -3.77. The van der Waals surface area contributed by atoms with Gasteiger partial charge in [-0.15, -0.1) is 0 Å². The van der Waals surface area contributed by atoms with Crippen molar-refractivity contribution in [2.75, 3.05) is 21.3 Å². The smallest absolute Gasteiger partial charge is 0.345 e. The van der Waals surface area contributed by atoms with E-state index in [4.69, 9.17) is 30.5 Å². The van der Waals surface area contributed by atoms with E-state index in [9.17, 15) is 9.59 Å². The largest absolute Gasteiger partial charge is 0.493 e. The zero-order valence-corrected chi connectivity index (χ0v) is 18.5. The average Bonchev–Trinajstić information content (AvgIpc) is 2.82. The minimum Gasteiger partial charge on any atom is -0.493 e. The number of carbonyl (C=O) groups excluding carboxylic acids is 2. The van der Waals surface area contributed by atoms with Crippen LogP contribution in [0.5, 0.6) is 23.0 Å². The molecule has 0 N–H and O–H groups in total. The van der Waals surface area contributed by atoms with Gasteiger partial charge in [0.15, 0.2) is 17.3 Å². The van der Waals surface area contributed by atoms with Gasteiger partial charge in [-0.2, -0.15) is 0 Å². The minimum absolute atomic E-state index is 0.220. The highest BCUT2D eigenvalue weighted by atomic mass is 35.5. The molecule has 3 aromatic carbocycles. The maximum atomic E-state index is 12.6. The Morgan fingerprint density at radius 3 is 2.03 bits per heavy atom. The first-order valence-electron chi connectivity index (χ1n) is 9.56. The Morgan fingerprint density at radius 2 is 1.47 bits per heavy atom. The summed E-state index contributed by atoms with van der Waals surface area (Å²) in [7, 11) is 4.57. The van der Waals surface area contributed by atoms with E-state index in [1.165, 1.54) is 27.4 Å². The summed E-state index contributed by atoms with van der Waals surface area (Å²) in [6.45, 7) is 0. The van der Waals surface area contributed by atoms with Crippen LogP contribution in [-0.2, 0) is 0 Å². The van der Waals surface area contributed by atoms with E-state index < -0.39 is 5.97 Å². The summed E-state index contributed by atoms with van der Waals surface area (Å²) in [6.07, 6.45) is 3.09. The molecule has 7 heteroatoms. The van der Waals surface area contributed by atoms with Crippen molar-refractivity contribution in [2.24, 2.45) is 0 Å². The van der Waals surface area contributed by atoms with Crippen molar-refractivity contribution in [3.8, 4) is 23.0 Å². The molecule has 0 aromatic heterocycles. The highest BCUT2D eigenvalue weighted by molar-refractivity contribution is 6.33. The minimum atomic E-state index is -0.572. The lowest BCUT2D eigenvalue weighted by Gasteiger charge is -2.12. The van der Waals surface area contributed by atoms with Crippen LogP contribution in [0, 0.1) is 0 Å². The van der Waals surface area contributed by atoms with Gasteiger partial charge in [0.2, 0.25) is 5.75 Å². The third-order valence-electron chi connectivity index (χ3n) is 4.56. The Balaban J connectivity index is 1.72. The van der Waals surface area contributed by atoms with E-state index >= 15 is 0 Å². The second-order valence-electron chi connectivity index (χ2n) is 6.55. The first-order chi connectivity index (χ1) is 15.5. The number of methoxy groups -OCH3 is 3. The fourth-order valence-electron chi connectivity index (χ4n) is 2.94. The first kappa shape index (κ1) is 22.9. The number of esters is 1. The number of ketones is 1. The molecule has 0 saturated heterocycles. The number of benzene rings is 3. The lowest BCUT2D eigenvalue weighted by molar-refractivity contribution is 0.0735. The molecule has 0 saturated carbocycles. The summed E-state index contributed by atoms with van der Waals surface area (Å²) >= 11 is 6.02. The lowest BCUT2D eigenvalue weighted by Crippen LogP contribution is -2.09. The van der Waals surface area contributed by atoms with Crippen molar-refractivity contribution in [2.45, 2.75) is 0 Å². The maximum Gasteiger partial charge on any atom is 0.345 e. The lowest BCUT2D eigenvalue weighted by atomic mass is 10.1. The Labute approximate surface area is 190 Å². The summed E-state index contributed by atoms with van der Waals surface area (Å²) in [5.41, 5.74) is 1.41. The standard InChI is InChI=1S/C25H21ClO6/c1-29-22-14-16(15-23(30-2)24(22)31-3)8-13-21(27)17-9-11-18(12-10-17)32-25(28)19-6-4-5-7-20(19)26/h4-15H,1-3H3. The van der Waals surface area contributed by atoms with E-state index in [-0.39, 0.29) is 11.3 Å². The molecule has 6 nitrogen and oxygen atoms in total. The molecule has 0 heterocycles. The Kier molecular flexibility index (Phi) is 7.52. The molecule has 164 valence electrons. The summed E-state index contributed by atoms with van der Waals surface area (Å²) in [4.78, 5) is 24.8. The molecule has 0 amide bonds. The van der Waals surface area contributed by atoms with Gasteiger partial charge in [0.25, 0.3) is 0 Å². The molecule has 0 fully saturated rings. The van der Waals surface area contributed by atoms with E-state index in [0.717, 1.165) is 0 Å². The molecular formula is C25H21ClO6.